The number of H-pyrrole nitrogens is 1. The quantitative estimate of drug-likeness (QED) is 0.799. The van der Waals surface area contributed by atoms with Gasteiger partial charge in [0.2, 0.25) is 0 Å². The van der Waals surface area contributed by atoms with Gasteiger partial charge in [0.1, 0.15) is 0 Å². The molecule has 6 heteroatoms. The maximum Gasteiger partial charge on any atom is 0.178 e. The molecule has 0 aliphatic heterocycles. The second-order valence-corrected chi connectivity index (χ2v) is 6.99. The second kappa shape index (κ2) is 6.29. The predicted octanol–water partition coefficient (Wildman–Crippen LogP) is 4.88. The van der Waals surface area contributed by atoms with Gasteiger partial charge in [-0.15, -0.1) is 0 Å². The van der Waals surface area contributed by atoms with Crippen molar-refractivity contribution in [3.63, 3.8) is 0 Å². The van der Waals surface area contributed by atoms with Gasteiger partial charge in [0.25, 0.3) is 0 Å². The minimum absolute atomic E-state index is 0.552. The number of hydrogen-bond acceptors (Lipinski definition) is 2. The molecule has 0 unspecified atom stereocenters. The lowest BCUT2D eigenvalue weighted by Gasteiger charge is -2.24. The van der Waals surface area contributed by atoms with Gasteiger partial charge < -0.3 is 14.5 Å². The van der Waals surface area contributed by atoms with Crippen LogP contribution in [0.3, 0.4) is 0 Å². The molecule has 0 bridgehead atoms. The summed E-state index contributed by atoms with van der Waals surface area (Å²) in [6.45, 7) is 1.86. The number of aromatic amines is 1. The van der Waals surface area contributed by atoms with Crippen molar-refractivity contribution in [1.82, 2.24) is 14.5 Å². The van der Waals surface area contributed by atoms with Crippen molar-refractivity contribution in [2.24, 2.45) is 0 Å². The van der Waals surface area contributed by atoms with Gasteiger partial charge in [-0.2, -0.15) is 0 Å². The van der Waals surface area contributed by atoms with Gasteiger partial charge in [0, 0.05) is 19.1 Å². The first-order valence-corrected chi connectivity index (χ1v) is 8.50. The standard InChI is InChI=1S/C15H19Cl2N3S/c1-19(10-4-2-3-5-10)6-7-20-14-9-12(17)11(16)8-13(14)18-15(20)21/h8-10H,2-7H2,1H3,(H,18,21). The minimum Gasteiger partial charge on any atom is -0.331 e. The van der Waals surface area contributed by atoms with Crippen molar-refractivity contribution < 1.29 is 0 Å². The van der Waals surface area contributed by atoms with Crippen LogP contribution in [0.5, 0.6) is 0 Å². The molecule has 1 N–H and O–H groups in total. The Kier molecular flexibility index (Phi) is 4.60. The SMILES string of the molecule is CN(CCn1c(=S)[nH]c2cc(Cl)c(Cl)cc21)C1CCCC1. The van der Waals surface area contributed by atoms with Crippen molar-refractivity contribution in [2.75, 3.05) is 13.6 Å². The molecule has 2 aromatic rings. The van der Waals surface area contributed by atoms with Crippen LogP contribution in [0, 0.1) is 4.77 Å². The fourth-order valence-electron chi connectivity index (χ4n) is 3.16. The highest BCUT2D eigenvalue weighted by Gasteiger charge is 2.19. The molecule has 1 aliphatic carbocycles. The van der Waals surface area contributed by atoms with E-state index in [1.807, 2.05) is 12.1 Å². The summed E-state index contributed by atoms with van der Waals surface area (Å²) < 4.78 is 2.83. The van der Waals surface area contributed by atoms with E-state index in [1.165, 1.54) is 25.7 Å². The summed E-state index contributed by atoms with van der Waals surface area (Å²) in [6, 6.07) is 4.45. The van der Waals surface area contributed by atoms with Gasteiger partial charge >= 0.3 is 0 Å². The highest BCUT2D eigenvalue weighted by atomic mass is 35.5. The number of nitrogens with zero attached hydrogens (tertiary/aromatic N) is 2. The maximum absolute atomic E-state index is 6.13. The summed E-state index contributed by atoms with van der Waals surface area (Å²) in [5.41, 5.74) is 1.96. The molecule has 0 spiro atoms. The van der Waals surface area contributed by atoms with Gasteiger partial charge in [0.05, 0.1) is 21.1 Å². The number of nitrogens with one attached hydrogen (secondary N) is 1. The van der Waals surface area contributed by atoms with E-state index in [0.29, 0.717) is 10.0 Å². The van der Waals surface area contributed by atoms with Crippen LogP contribution < -0.4 is 0 Å². The van der Waals surface area contributed by atoms with Crippen molar-refractivity contribution in [2.45, 2.75) is 38.3 Å². The number of fused-ring (bicyclic) bond motifs is 1. The first kappa shape index (κ1) is 15.3. The van der Waals surface area contributed by atoms with Crippen LogP contribution in [0.1, 0.15) is 25.7 Å². The molecule has 114 valence electrons. The highest BCUT2D eigenvalue weighted by Crippen LogP contribution is 2.28. The molecule has 0 saturated heterocycles. The number of rotatable bonds is 4. The number of likely N-dealkylation sites (N-methyl/N-ethyl adjacent to an activating group) is 1. The third kappa shape index (κ3) is 3.14. The molecular formula is C15H19Cl2N3S. The summed E-state index contributed by atoms with van der Waals surface area (Å²) in [5.74, 6) is 0. The highest BCUT2D eigenvalue weighted by molar-refractivity contribution is 7.71. The van der Waals surface area contributed by atoms with Crippen LogP contribution in [0.4, 0.5) is 0 Å². The Balaban J connectivity index is 1.81. The molecular weight excluding hydrogens is 325 g/mol. The summed E-state index contributed by atoms with van der Waals surface area (Å²) >= 11 is 17.6. The van der Waals surface area contributed by atoms with Crippen molar-refractivity contribution in [3.05, 3.63) is 26.9 Å². The van der Waals surface area contributed by atoms with E-state index in [4.69, 9.17) is 35.4 Å². The predicted molar refractivity (Wildman–Crippen MR) is 92.0 cm³/mol. The van der Waals surface area contributed by atoms with Gasteiger partial charge in [-0.25, -0.2) is 0 Å². The molecule has 1 saturated carbocycles. The van der Waals surface area contributed by atoms with Gasteiger partial charge in [-0.1, -0.05) is 36.0 Å². The lowest BCUT2D eigenvalue weighted by molar-refractivity contribution is 0.237. The second-order valence-electron chi connectivity index (χ2n) is 5.78. The van der Waals surface area contributed by atoms with E-state index in [0.717, 1.165) is 34.9 Å². The van der Waals surface area contributed by atoms with E-state index in [2.05, 4.69) is 21.5 Å². The normalized spacial score (nSPS) is 16.4. The number of imidazole rings is 1. The van der Waals surface area contributed by atoms with Crippen LogP contribution in [0.2, 0.25) is 10.0 Å². The lowest BCUT2D eigenvalue weighted by atomic mass is 10.2. The van der Waals surface area contributed by atoms with Crippen molar-refractivity contribution in [3.8, 4) is 0 Å². The zero-order valence-electron chi connectivity index (χ0n) is 12.0. The van der Waals surface area contributed by atoms with Gasteiger partial charge in [0.15, 0.2) is 4.77 Å². The fourth-order valence-corrected chi connectivity index (χ4v) is 3.78. The molecule has 3 rings (SSSR count). The van der Waals surface area contributed by atoms with Crippen molar-refractivity contribution in [1.29, 1.82) is 0 Å². The van der Waals surface area contributed by atoms with E-state index < -0.39 is 0 Å². The zero-order chi connectivity index (χ0) is 15.0. The van der Waals surface area contributed by atoms with Crippen LogP contribution in [0.15, 0.2) is 12.1 Å². The van der Waals surface area contributed by atoms with E-state index in [1.54, 1.807) is 0 Å². The number of hydrogen-bond donors (Lipinski definition) is 1. The van der Waals surface area contributed by atoms with Gasteiger partial charge in [-0.3, -0.25) is 0 Å². The molecule has 1 aromatic carbocycles. The van der Waals surface area contributed by atoms with Crippen LogP contribution in [0.25, 0.3) is 11.0 Å². The first-order chi connectivity index (χ1) is 10.1. The van der Waals surface area contributed by atoms with Crippen molar-refractivity contribution >= 4 is 46.5 Å². The average molecular weight is 344 g/mol. The summed E-state index contributed by atoms with van der Waals surface area (Å²) in [7, 11) is 2.21. The largest absolute Gasteiger partial charge is 0.331 e. The van der Waals surface area contributed by atoms with Crippen LogP contribution in [-0.4, -0.2) is 34.1 Å². The molecule has 0 radical (unpaired) electrons. The number of aromatic nitrogens is 2. The fraction of sp³-hybridized carbons (Fsp3) is 0.533. The summed E-state index contributed by atoms with van der Waals surface area (Å²) in [6.07, 6.45) is 5.35. The molecule has 1 fully saturated rings. The Morgan fingerprint density at radius 3 is 2.67 bits per heavy atom. The molecule has 1 aliphatic rings. The van der Waals surface area contributed by atoms with Crippen LogP contribution in [-0.2, 0) is 6.54 Å². The Hall–Kier alpha value is -0.550. The Morgan fingerprint density at radius 2 is 1.95 bits per heavy atom. The Bertz CT molecular complexity index is 701. The number of benzene rings is 1. The zero-order valence-corrected chi connectivity index (χ0v) is 14.4. The minimum atomic E-state index is 0.552. The number of halogens is 2. The molecule has 21 heavy (non-hydrogen) atoms. The first-order valence-electron chi connectivity index (χ1n) is 7.34. The smallest absolute Gasteiger partial charge is 0.178 e. The molecule has 1 heterocycles. The van der Waals surface area contributed by atoms with E-state index >= 15 is 0 Å². The van der Waals surface area contributed by atoms with E-state index in [9.17, 15) is 0 Å². The molecule has 0 atom stereocenters. The third-order valence-corrected chi connectivity index (χ3v) is 5.49. The lowest BCUT2D eigenvalue weighted by Crippen LogP contribution is -2.32. The Labute approximate surface area is 139 Å². The molecule has 1 aromatic heterocycles. The average Bonchev–Trinajstić information content (AvgIpc) is 3.06. The molecule has 0 amide bonds. The molecule has 3 nitrogen and oxygen atoms in total. The monoisotopic (exact) mass is 343 g/mol. The van der Waals surface area contributed by atoms with E-state index in [-0.39, 0.29) is 0 Å². The summed E-state index contributed by atoms with van der Waals surface area (Å²) in [4.78, 5) is 5.65. The summed E-state index contributed by atoms with van der Waals surface area (Å²) in [5, 5.41) is 1.12. The third-order valence-electron chi connectivity index (χ3n) is 4.44. The Morgan fingerprint density at radius 1 is 1.29 bits per heavy atom. The van der Waals surface area contributed by atoms with Crippen LogP contribution >= 0.6 is 35.4 Å². The topological polar surface area (TPSA) is 24.0 Å². The van der Waals surface area contributed by atoms with Gasteiger partial charge in [-0.05, 0) is 44.2 Å². The maximum atomic E-state index is 6.13.